The Hall–Kier alpha value is -1.15. The number of nitrogens with zero attached hydrogens (tertiary/aromatic N) is 1. The number of rotatable bonds is 2. The fraction of sp³-hybridized carbons (Fsp3) is 0.500. The van der Waals surface area contributed by atoms with Crippen LogP contribution in [-0.4, -0.2) is 45.2 Å². The van der Waals surface area contributed by atoms with Gasteiger partial charge < -0.3 is 20.1 Å². The van der Waals surface area contributed by atoms with E-state index in [1.165, 1.54) is 0 Å². The zero-order valence-corrected chi connectivity index (χ0v) is 8.62. The summed E-state index contributed by atoms with van der Waals surface area (Å²) < 4.78 is 31.1. The maximum absolute atomic E-state index is 13.4. The Labute approximate surface area is 95.3 Å². The lowest BCUT2D eigenvalue weighted by Gasteiger charge is -2.15. The fourth-order valence-electron chi connectivity index (χ4n) is 1.78. The van der Waals surface area contributed by atoms with Crippen LogP contribution in [-0.2, 0) is 4.74 Å². The van der Waals surface area contributed by atoms with E-state index >= 15 is 0 Å². The van der Waals surface area contributed by atoms with Crippen LogP contribution in [0.4, 0.5) is 8.78 Å². The number of ether oxygens (including phenoxy) is 1. The van der Waals surface area contributed by atoms with Crippen molar-refractivity contribution in [1.82, 2.24) is 4.98 Å². The third kappa shape index (κ3) is 2.14. The molecule has 0 aromatic carbocycles. The van der Waals surface area contributed by atoms with Crippen molar-refractivity contribution in [2.24, 2.45) is 0 Å². The van der Waals surface area contributed by atoms with E-state index in [9.17, 15) is 19.0 Å². The van der Waals surface area contributed by atoms with Gasteiger partial charge in [0.25, 0.3) is 0 Å². The second-order valence-corrected chi connectivity index (χ2v) is 3.79. The summed E-state index contributed by atoms with van der Waals surface area (Å²) in [6.45, 7) is -0.509. The first kappa shape index (κ1) is 12.3. The first-order valence-corrected chi connectivity index (χ1v) is 4.98. The van der Waals surface area contributed by atoms with Crippen molar-refractivity contribution < 1.29 is 28.8 Å². The Balaban J connectivity index is 2.29. The average Bonchev–Trinajstić information content (AvgIpc) is 2.57. The summed E-state index contributed by atoms with van der Waals surface area (Å²) in [6, 6.07) is 0.560. The molecule has 1 aliphatic heterocycles. The summed E-state index contributed by atoms with van der Waals surface area (Å²) in [7, 11) is 0. The van der Waals surface area contributed by atoms with Crippen LogP contribution in [0.25, 0.3) is 0 Å². The molecule has 7 heteroatoms. The van der Waals surface area contributed by atoms with Crippen molar-refractivity contribution in [3.05, 3.63) is 29.6 Å². The van der Waals surface area contributed by atoms with Gasteiger partial charge in [-0.05, 0) is 0 Å². The summed E-state index contributed by atoms with van der Waals surface area (Å²) in [5, 5.41) is 28.0. The highest BCUT2D eigenvalue weighted by Gasteiger charge is 2.44. The number of hydrogen-bond acceptors (Lipinski definition) is 5. The molecule has 94 valence electrons. The Bertz CT molecular complexity index is 417. The number of pyridine rings is 1. The van der Waals surface area contributed by atoms with Crippen LogP contribution in [0.1, 0.15) is 11.7 Å². The molecule has 17 heavy (non-hydrogen) atoms. The van der Waals surface area contributed by atoms with E-state index in [1.54, 1.807) is 0 Å². The lowest BCUT2D eigenvalue weighted by molar-refractivity contribution is -0.0238. The van der Waals surface area contributed by atoms with E-state index in [4.69, 9.17) is 9.84 Å². The van der Waals surface area contributed by atoms with Gasteiger partial charge in [-0.25, -0.2) is 9.37 Å². The fourth-order valence-corrected chi connectivity index (χ4v) is 1.78. The molecular formula is C10H11F2NO4. The van der Waals surface area contributed by atoms with Gasteiger partial charge >= 0.3 is 0 Å². The molecule has 4 atom stereocenters. The zero-order chi connectivity index (χ0) is 12.6. The minimum atomic E-state index is -1.39. The van der Waals surface area contributed by atoms with Crippen LogP contribution in [0.15, 0.2) is 12.3 Å². The normalized spacial score (nSPS) is 33.0. The van der Waals surface area contributed by atoms with Crippen molar-refractivity contribution in [2.45, 2.75) is 24.4 Å². The smallest absolute Gasteiger partial charge is 0.215 e. The van der Waals surface area contributed by atoms with Gasteiger partial charge in [0.15, 0.2) is 0 Å². The van der Waals surface area contributed by atoms with Gasteiger partial charge in [-0.1, -0.05) is 0 Å². The Morgan fingerprint density at radius 1 is 1.29 bits per heavy atom. The van der Waals surface area contributed by atoms with E-state index < -0.39 is 42.8 Å². The van der Waals surface area contributed by atoms with E-state index in [-0.39, 0.29) is 5.56 Å². The molecule has 1 fully saturated rings. The van der Waals surface area contributed by atoms with Gasteiger partial charge in [0.05, 0.1) is 6.61 Å². The first-order valence-electron chi connectivity index (χ1n) is 4.98. The van der Waals surface area contributed by atoms with Crippen LogP contribution >= 0.6 is 0 Å². The first-order chi connectivity index (χ1) is 8.04. The molecule has 0 saturated carbocycles. The minimum Gasteiger partial charge on any atom is -0.394 e. The number of hydrogen-bond donors (Lipinski definition) is 3. The van der Waals surface area contributed by atoms with Crippen LogP contribution < -0.4 is 0 Å². The molecule has 1 aromatic rings. The van der Waals surface area contributed by atoms with Gasteiger partial charge in [0.1, 0.15) is 30.2 Å². The largest absolute Gasteiger partial charge is 0.394 e. The molecule has 0 unspecified atom stereocenters. The predicted molar refractivity (Wildman–Crippen MR) is 50.9 cm³/mol. The quantitative estimate of drug-likeness (QED) is 0.614. The molecule has 1 saturated heterocycles. The number of halogens is 2. The molecule has 5 nitrogen and oxygen atoms in total. The standard InChI is InChI=1S/C10H11F2NO4/c11-5-1-7(12)13-2-4(5)10-9(16)8(15)6(3-14)17-10/h1-2,6,8-10,14-16H,3H2/t6-,8-,9-,10+/m1/s1. The maximum atomic E-state index is 13.4. The molecule has 0 radical (unpaired) electrons. The topological polar surface area (TPSA) is 82.8 Å². The van der Waals surface area contributed by atoms with Crippen molar-refractivity contribution in [3.8, 4) is 0 Å². The van der Waals surface area contributed by atoms with E-state index in [2.05, 4.69) is 4.98 Å². The van der Waals surface area contributed by atoms with Crippen LogP contribution in [0.5, 0.6) is 0 Å². The molecule has 0 aliphatic carbocycles. The Morgan fingerprint density at radius 3 is 2.53 bits per heavy atom. The SMILES string of the molecule is OC[C@H]1O[C@@H](c2cnc(F)cc2F)[C@H](O)[C@@H]1O. The van der Waals surface area contributed by atoms with Crippen molar-refractivity contribution in [1.29, 1.82) is 0 Å². The van der Waals surface area contributed by atoms with E-state index in [1.807, 2.05) is 0 Å². The minimum absolute atomic E-state index is 0.158. The van der Waals surface area contributed by atoms with Gasteiger partial charge in [-0.2, -0.15) is 4.39 Å². The molecule has 2 rings (SSSR count). The zero-order valence-electron chi connectivity index (χ0n) is 8.62. The van der Waals surface area contributed by atoms with Gasteiger partial charge in [-0.15, -0.1) is 0 Å². The highest BCUT2D eigenvalue weighted by molar-refractivity contribution is 5.19. The Kier molecular flexibility index (Phi) is 3.34. The van der Waals surface area contributed by atoms with Crippen molar-refractivity contribution >= 4 is 0 Å². The third-order valence-corrected chi connectivity index (χ3v) is 2.70. The summed E-state index contributed by atoms with van der Waals surface area (Å²) in [6.07, 6.45) is -4.00. The van der Waals surface area contributed by atoms with Gasteiger partial charge in [0, 0.05) is 17.8 Å². The van der Waals surface area contributed by atoms with Crippen molar-refractivity contribution in [3.63, 3.8) is 0 Å². The molecule has 0 spiro atoms. The number of aromatic nitrogens is 1. The van der Waals surface area contributed by atoms with Gasteiger partial charge in [0.2, 0.25) is 5.95 Å². The number of aliphatic hydroxyl groups excluding tert-OH is 3. The monoisotopic (exact) mass is 247 g/mol. The summed E-state index contributed by atoms with van der Waals surface area (Å²) in [4.78, 5) is 3.25. The lowest BCUT2D eigenvalue weighted by Crippen LogP contribution is -2.32. The predicted octanol–water partition coefficient (Wildman–Crippen LogP) is -0.486. The van der Waals surface area contributed by atoms with Crippen LogP contribution in [0.2, 0.25) is 0 Å². The molecule has 0 amide bonds. The highest BCUT2D eigenvalue weighted by atomic mass is 19.1. The second-order valence-electron chi connectivity index (χ2n) is 3.79. The Morgan fingerprint density at radius 2 is 2.00 bits per heavy atom. The summed E-state index contributed by atoms with van der Waals surface area (Å²) in [5.41, 5.74) is -0.158. The van der Waals surface area contributed by atoms with Crippen molar-refractivity contribution in [2.75, 3.05) is 6.61 Å². The molecule has 1 aromatic heterocycles. The average molecular weight is 247 g/mol. The molecule has 2 heterocycles. The summed E-state index contributed by atoms with van der Waals surface area (Å²) in [5.74, 6) is -1.91. The second kappa shape index (κ2) is 4.61. The van der Waals surface area contributed by atoms with Crippen LogP contribution in [0.3, 0.4) is 0 Å². The van der Waals surface area contributed by atoms with Gasteiger partial charge in [-0.3, -0.25) is 0 Å². The number of aliphatic hydroxyl groups is 3. The molecule has 1 aliphatic rings. The molecule has 0 bridgehead atoms. The lowest BCUT2D eigenvalue weighted by atomic mass is 10.0. The third-order valence-electron chi connectivity index (χ3n) is 2.70. The maximum Gasteiger partial charge on any atom is 0.215 e. The van der Waals surface area contributed by atoms with E-state index in [0.717, 1.165) is 6.20 Å². The van der Waals surface area contributed by atoms with Crippen LogP contribution in [0, 0.1) is 11.8 Å². The molecule has 3 N–H and O–H groups in total. The highest BCUT2D eigenvalue weighted by Crippen LogP contribution is 2.34. The molecular weight excluding hydrogens is 236 g/mol. The summed E-state index contributed by atoms with van der Waals surface area (Å²) >= 11 is 0. The van der Waals surface area contributed by atoms with E-state index in [0.29, 0.717) is 6.07 Å².